The maximum atomic E-state index is 8.60. The number of aromatic nitrogens is 4. The Morgan fingerprint density at radius 1 is 1.25 bits per heavy atom. The lowest BCUT2D eigenvalue weighted by molar-refractivity contribution is 0.242. The van der Waals surface area contributed by atoms with Crippen molar-refractivity contribution in [2.45, 2.75) is 26.0 Å². The minimum atomic E-state index is 0.0467. The van der Waals surface area contributed by atoms with Gasteiger partial charge in [-0.15, -0.1) is 0 Å². The van der Waals surface area contributed by atoms with Gasteiger partial charge in [-0.25, -0.2) is 9.97 Å². The summed E-state index contributed by atoms with van der Waals surface area (Å²) in [7, 11) is 0. The van der Waals surface area contributed by atoms with Crippen LogP contribution in [0.1, 0.15) is 31.1 Å². The first-order chi connectivity index (χ1) is 13.5. The summed E-state index contributed by atoms with van der Waals surface area (Å²) in [6.07, 6.45) is 5.29. The van der Waals surface area contributed by atoms with Crippen LogP contribution in [0.2, 0.25) is 0 Å². The molecule has 0 unspecified atom stereocenters. The van der Waals surface area contributed by atoms with E-state index in [0.717, 1.165) is 18.9 Å². The lowest BCUT2D eigenvalue weighted by Crippen LogP contribution is -2.48. The van der Waals surface area contributed by atoms with E-state index in [1.54, 1.807) is 18.3 Å². The number of anilines is 2. The van der Waals surface area contributed by atoms with E-state index in [4.69, 9.17) is 15.9 Å². The van der Waals surface area contributed by atoms with Crippen LogP contribution >= 0.6 is 0 Å². The van der Waals surface area contributed by atoms with Crippen LogP contribution in [0.25, 0.3) is 0 Å². The first kappa shape index (κ1) is 18.0. The minimum Gasteiger partial charge on any atom is -0.491 e. The van der Waals surface area contributed by atoms with E-state index in [1.807, 2.05) is 42.9 Å². The molecule has 3 heterocycles. The molecule has 1 saturated heterocycles. The van der Waals surface area contributed by atoms with Gasteiger partial charge >= 0.3 is 0 Å². The number of nitrogens with two attached hydrogens (primary N) is 1. The molecule has 0 amide bonds. The summed E-state index contributed by atoms with van der Waals surface area (Å²) < 4.78 is 7.69. The molecule has 1 fully saturated rings. The monoisotopic (exact) mass is 377 g/mol. The Hall–Kier alpha value is -3.42. The molecule has 1 aliphatic rings. The van der Waals surface area contributed by atoms with Gasteiger partial charge in [0.15, 0.2) is 0 Å². The molecule has 0 atom stereocenters. The third-order valence-electron chi connectivity index (χ3n) is 4.66. The SMILES string of the molecule is CC(C)Oc1ccc(N)c(C(=N)c2cc(N3CC(n4cccn4)C3)ncn2)c1. The molecule has 0 bridgehead atoms. The molecule has 8 heteroatoms. The van der Waals surface area contributed by atoms with Gasteiger partial charge in [0.2, 0.25) is 0 Å². The molecule has 0 saturated carbocycles. The van der Waals surface area contributed by atoms with Crippen molar-refractivity contribution in [1.29, 1.82) is 5.41 Å². The highest BCUT2D eigenvalue weighted by Gasteiger charge is 2.30. The van der Waals surface area contributed by atoms with Crippen molar-refractivity contribution in [1.82, 2.24) is 19.7 Å². The van der Waals surface area contributed by atoms with E-state index in [1.165, 1.54) is 6.33 Å². The van der Waals surface area contributed by atoms with Gasteiger partial charge in [-0.3, -0.25) is 10.1 Å². The Morgan fingerprint density at radius 2 is 2.07 bits per heavy atom. The van der Waals surface area contributed by atoms with Crippen LogP contribution < -0.4 is 15.4 Å². The number of hydrogen-bond donors (Lipinski definition) is 2. The quantitative estimate of drug-likeness (QED) is 0.505. The van der Waals surface area contributed by atoms with Gasteiger partial charge < -0.3 is 15.4 Å². The summed E-state index contributed by atoms with van der Waals surface area (Å²) in [6.45, 7) is 5.57. The maximum Gasteiger partial charge on any atom is 0.132 e. The first-order valence-electron chi connectivity index (χ1n) is 9.23. The minimum absolute atomic E-state index is 0.0467. The zero-order valence-electron chi connectivity index (χ0n) is 15.9. The zero-order chi connectivity index (χ0) is 19.7. The molecule has 2 aromatic heterocycles. The van der Waals surface area contributed by atoms with E-state index in [2.05, 4.69) is 20.0 Å². The highest BCUT2D eigenvalue weighted by molar-refractivity contribution is 6.13. The predicted octanol–water partition coefficient (Wildman–Crippen LogP) is 2.52. The normalized spacial score (nSPS) is 14.2. The van der Waals surface area contributed by atoms with Crippen molar-refractivity contribution in [2.24, 2.45) is 0 Å². The summed E-state index contributed by atoms with van der Waals surface area (Å²) in [5.74, 6) is 1.48. The van der Waals surface area contributed by atoms with E-state index in [9.17, 15) is 0 Å². The zero-order valence-corrected chi connectivity index (χ0v) is 15.9. The molecule has 3 aromatic rings. The Labute approximate surface area is 163 Å². The number of benzene rings is 1. The first-order valence-corrected chi connectivity index (χ1v) is 9.23. The van der Waals surface area contributed by atoms with Crippen LogP contribution in [-0.4, -0.2) is 44.7 Å². The summed E-state index contributed by atoms with van der Waals surface area (Å²) in [6, 6.07) is 9.46. The number of nitrogens with one attached hydrogen (secondary N) is 1. The number of nitrogen functional groups attached to an aromatic ring is 1. The average Bonchev–Trinajstić information content (AvgIpc) is 3.15. The number of ether oxygens (including phenoxy) is 1. The van der Waals surface area contributed by atoms with Crippen molar-refractivity contribution < 1.29 is 4.74 Å². The predicted molar refractivity (Wildman–Crippen MR) is 108 cm³/mol. The highest BCUT2D eigenvalue weighted by Crippen LogP contribution is 2.27. The lowest BCUT2D eigenvalue weighted by Gasteiger charge is -2.40. The Morgan fingerprint density at radius 3 is 2.79 bits per heavy atom. The van der Waals surface area contributed by atoms with Gasteiger partial charge in [0.25, 0.3) is 0 Å². The molecular weight excluding hydrogens is 354 g/mol. The summed E-state index contributed by atoms with van der Waals surface area (Å²) >= 11 is 0. The number of rotatable bonds is 6. The van der Waals surface area contributed by atoms with Crippen LogP contribution in [0.15, 0.2) is 49.1 Å². The standard InChI is InChI=1S/C20H23N7O/c1-13(2)28-15-4-5-17(21)16(8-15)20(22)18-9-19(24-12-23-18)26-10-14(11-26)27-7-3-6-25-27/h3-9,12-14,22H,10-11,21H2,1-2H3. The van der Waals surface area contributed by atoms with Crippen LogP contribution in [0.3, 0.4) is 0 Å². The molecule has 0 radical (unpaired) electrons. The van der Waals surface area contributed by atoms with Crippen molar-refractivity contribution in [2.75, 3.05) is 23.7 Å². The molecule has 8 nitrogen and oxygen atoms in total. The molecule has 28 heavy (non-hydrogen) atoms. The molecule has 144 valence electrons. The summed E-state index contributed by atoms with van der Waals surface area (Å²) in [4.78, 5) is 10.8. The van der Waals surface area contributed by atoms with E-state index in [-0.39, 0.29) is 11.8 Å². The topological polar surface area (TPSA) is 106 Å². The molecule has 4 rings (SSSR count). The van der Waals surface area contributed by atoms with Gasteiger partial charge in [-0.2, -0.15) is 5.10 Å². The Bertz CT molecular complexity index is 978. The van der Waals surface area contributed by atoms with Gasteiger partial charge in [0.1, 0.15) is 17.9 Å². The van der Waals surface area contributed by atoms with E-state index >= 15 is 0 Å². The van der Waals surface area contributed by atoms with E-state index in [0.29, 0.717) is 28.7 Å². The summed E-state index contributed by atoms with van der Waals surface area (Å²) in [5, 5.41) is 12.9. The van der Waals surface area contributed by atoms with Crippen molar-refractivity contribution in [3.05, 3.63) is 60.3 Å². The molecule has 0 aliphatic carbocycles. The van der Waals surface area contributed by atoms with Crippen LogP contribution in [-0.2, 0) is 0 Å². The Kier molecular flexibility index (Phi) is 4.68. The molecule has 1 aliphatic heterocycles. The molecule has 1 aromatic carbocycles. The summed E-state index contributed by atoms with van der Waals surface area (Å²) in [5.41, 5.74) is 8.00. The third kappa shape index (κ3) is 3.53. The van der Waals surface area contributed by atoms with Gasteiger partial charge in [-0.1, -0.05) is 0 Å². The number of nitrogens with zero attached hydrogens (tertiary/aromatic N) is 5. The van der Waals surface area contributed by atoms with Crippen molar-refractivity contribution in [3.63, 3.8) is 0 Å². The molecule has 0 spiro atoms. The fourth-order valence-corrected chi connectivity index (χ4v) is 3.20. The van der Waals surface area contributed by atoms with Gasteiger partial charge in [0, 0.05) is 42.8 Å². The second-order valence-corrected chi connectivity index (χ2v) is 7.10. The molecular formula is C20H23N7O. The maximum absolute atomic E-state index is 8.60. The van der Waals surface area contributed by atoms with Crippen LogP contribution in [0, 0.1) is 5.41 Å². The fourth-order valence-electron chi connectivity index (χ4n) is 3.20. The molecule has 3 N–H and O–H groups in total. The number of hydrogen-bond acceptors (Lipinski definition) is 7. The van der Waals surface area contributed by atoms with Crippen molar-refractivity contribution in [3.8, 4) is 5.75 Å². The van der Waals surface area contributed by atoms with Crippen molar-refractivity contribution >= 4 is 17.2 Å². The average molecular weight is 377 g/mol. The third-order valence-corrected chi connectivity index (χ3v) is 4.66. The van der Waals surface area contributed by atoms with Gasteiger partial charge in [0.05, 0.1) is 23.6 Å². The fraction of sp³-hybridized carbons (Fsp3) is 0.300. The van der Waals surface area contributed by atoms with Gasteiger partial charge in [-0.05, 0) is 38.1 Å². The van der Waals surface area contributed by atoms with E-state index < -0.39 is 0 Å². The lowest BCUT2D eigenvalue weighted by atomic mass is 10.0. The van der Waals surface area contributed by atoms with Crippen LogP contribution in [0.5, 0.6) is 5.75 Å². The Balaban J connectivity index is 1.52. The smallest absolute Gasteiger partial charge is 0.132 e. The second kappa shape index (κ2) is 7.30. The second-order valence-electron chi connectivity index (χ2n) is 7.10. The van der Waals surface area contributed by atoms with Crippen LogP contribution in [0.4, 0.5) is 11.5 Å². The largest absolute Gasteiger partial charge is 0.491 e. The highest BCUT2D eigenvalue weighted by atomic mass is 16.5.